The number of aliphatic hydroxyl groups excluding tert-OH is 1. The summed E-state index contributed by atoms with van der Waals surface area (Å²) in [6.45, 7) is 4.99. The van der Waals surface area contributed by atoms with Gasteiger partial charge in [-0.3, -0.25) is 9.59 Å². The smallest absolute Gasteiger partial charge is 0.295 e. The quantitative estimate of drug-likeness (QED) is 0.221. The number of ketones is 1. The van der Waals surface area contributed by atoms with Gasteiger partial charge in [0.05, 0.1) is 39.0 Å². The van der Waals surface area contributed by atoms with Gasteiger partial charge in [0.25, 0.3) is 11.7 Å². The Labute approximate surface area is 206 Å². The summed E-state index contributed by atoms with van der Waals surface area (Å²) in [4.78, 5) is 27.5. The van der Waals surface area contributed by atoms with Gasteiger partial charge in [-0.2, -0.15) is 0 Å². The fourth-order valence-electron chi connectivity index (χ4n) is 4.11. The van der Waals surface area contributed by atoms with E-state index in [0.717, 1.165) is 18.4 Å². The number of ether oxygens (including phenoxy) is 4. The molecule has 2 aromatic rings. The van der Waals surface area contributed by atoms with Crippen LogP contribution < -0.4 is 14.2 Å². The Bertz CT molecular complexity index is 1110. The normalized spacial score (nSPS) is 17.1. The zero-order chi connectivity index (χ0) is 25.5. The molecule has 1 saturated heterocycles. The second-order valence-corrected chi connectivity index (χ2v) is 8.28. The summed E-state index contributed by atoms with van der Waals surface area (Å²) in [7, 11) is 4.56. The number of amides is 1. The molecule has 3 rings (SSSR count). The number of unbranched alkanes of at least 4 members (excludes halogenated alkanes) is 1. The summed E-state index contributed by atoms with van der Waals surface area (Å²) in [6, 6.07) is 9.57. The lowest BCUT2D eigenvalue weighted by molar-refractivity contribution is -0.140. The van der Waals surface area contributed by atoms with Crippen molar-refractivity contribution >= 4 is 17.4 Å². The first-order chi connectivity index (χ1) is 16.9. The number of rotatable bonds is 11. The number of carbonyl (C=O) groups is 2. The summed E-state index contributed by atoms with van der Waals surface area (Å²) >= 11 is 0. The fraction of sp³-hybridized carbons (Fsp3) is 0.407. The number of hydrogen-bond donors (Lipinski definition) is 1. The van der Waals surface area contributed by atoms with E-state index in [0.29, 0.717) is 35.0 Å². The zero-order valence-electron chi connectivity index (χ0n) is 20.9. The second kappa shape index (κ2) is 11.8. The van der Waals surface area contributed by atoms with Gasteiger partial charge < -0.3 is 29.0 Å². The Hall–Kier alpha value is -3.52. The molecule has 188 valence electrons. The van der Waals surface area contributed by atoms with Crippen LogP contribution in [-0.4, -0.2) is 62.8 Å². The molecule has 1 aliphatic heterocycles. The lowest BCUT2D eigenvalue weighted by atomic mass is 9.94. The molecule has 2 aromatic carbocycles. The van der Waals surface area contributed by atoms with Crippen molar-refractivity contribution in [3.8, 4) is 17.2 Å². The molecule has 1 amide bonds. The molecule has 0 radical (unpaired) electrons. The molecule has 35 heavy (non-hydrogen) atoms. The molecule has 1 aliphatic rings. The average Bonchev–Trinajstić information content (AvgIpc) is 3.12. The Morgan fingerprint density at radius 3 is 2.31 bits per heavy atom. The first kappa shape index (κ1) is 26.1. The van der Waals surface area contributed by atoms with E-state index in [1.165, 1.54) is 26.2 Å². The summed E-state index contributed by atoms with van der Waals surface area (Å²) in [5.74, 6) is -0.0108. The van der Waals surface area contributed by atoms with Gasteiger partial charge in [-0.15, -0.1) is 0 Å². The highest BCUT2D eigenvalue weighted by Gasteiger charge is 2.46. The third-order valence-electron chi connectivity index (χ3n) is 6.00. The van der Waals surface area contributed by atoms with Crippen molar-refractivity contribution in [2.45, 2.75) is 32.7 Å². The highest BCUT2D eigenvalue weighted by atomic mass is 16.5. The van der Waals surface area contributed by atoms with Crippen LogP contribution in [0.25, 0.3) is 5.76 Å². The average molecular weight is 484 g/mol. The SMILES string of the molecule is CCCCOc1ccc(/C(O)=C2\C(=O)C(=O)N(CCOC)[C@H]2c2ccc(OC)c(OC)c2)cc1C. The molecule has 1 heterocycles. The topological polar surface area (TPSA) is 94.5 Å². The first-order valence-electron chi connectivity index (χ1n) is 11.6. The van der Waals surface area contributed by atoms with Crippen molar-refractivity contribution in [3.63, 3.8) is 0 Å². The van der Waals surface area contributed by atoms with Gasteiger partial charge in [0.2, 0.25) is 0 Å². The van der Waals surface area contributed by atoms with E-state index in [2.05, 4.69) is 6.92 Å². The van der Waals surface area contributed by atoms with Crippen LogP contribution in [0, 0.1) is 6.92 Å². The van der Waals surface area contributed by atoms with Crippen LogP contribution in [0.1, 0.15) is 42.5 Å². The number of aliphatic hydroxyl groups is 1. The van der Waals surface area contributed by atoms with Gasteiger partial charge in [0.15, 0.2) is 11.5 Å². The van der Waals surface area contributed by atoms with E-state index < -0.39 is 17.7 Å². The molecule has 8 heteroatoms. The highest BCUT2D eigenvalue weighted by molar-refractivity contribution is 6.46. The first-order valence-corrected chi connectivity index (χ1v) is 11.6. The maximum absolute atomic E-state index is 13.2. The van der Waals surface area contributed by atoms with Gasteiger partial charge >= 0.3 is 0 Å². The Balaban J connectivity index is 2.10. The van der Waals surface area contributed by atoms with Gasteiger partial charge in [-0.25, -0.2) is 0 Å². The maximum atomic E-state index is 13.2. The number of likely N-dealkylation sites (tertiary alicyclic amines) is 1. The predicted octanol–water partition coefficient (Wildman–Crippen LogP) is 4.26. The number of methoxy groups -OCH3 is 3. The predicted molar refractivity (Wildman–Crippen MR) is 132 cm³/mol. The van der Waals surface area contributed by atoms with E-state index in [9.17, 15) is 14.7 Å². The molecule has 0 saturated carbocycles. The van der Waals surface area contributed by atoms with E-state index in [1.807, 2.05) is 6.92 Å². The number of carbonyl (C=O) groups excluding carboxylic acids is 2. The van der Waals surface area contributed by atoms with Crippen molar-refractivity contribution in [1.29, 1.82) is 0 Å². The Morgan fingerprint density at radius 1 is 0.971 bits per heavy atom. The fourth-order valence-corrected chi connectivity index (χ4v) is 4.11. The lowest BCUT2D eigenvalue weighted by Crippen LogP contribution is -2.32. The summed E-state index contributed by atoms with van der Waals surface area (Å²) in [5, 5.41) is 11.3. The van der Waals surface area contributed by atoms with Crippen LogP contribution >= 0.6 is 0 Å². The summed E-state index contributed by atoms with van der Waals surface area (Å²) in [6.07, 6.45) is 1.97. The zero-order valence-corrected chi connectivity index (χ0v) is 20.9. The third kappa shape index (κ3) is 5.43. The van der Waals surface area contributed by atoms with Crippen molar-refractivity contribution in [2.75, 3.05) is 41.1 Å². The Kier molecular flexibility index (Phi) is 8.76. The molecule has 8 nitrogen and oxygen atoms in total. The minimum atomic E-state index is -0.814. The molecule has 1 N–H and O–H groups in total. The molecule has 0 aliphatic carbocycles. The van der Waals surface area contributed by atoms with Crippen LogP contribution in [-0.2, 0) is 14.3 Å². The molecular formula is C27H33NO7. The van der Waals surface area contributed by atoms with Crippen LogP contribution in [0.3, 0.4) is 0 Å². The monoisotopic (exact) mass is 483 g/mol. The number of benzene rings is 2. The van der Waals surface area contributed by atoms with Crippen molar-refractivity contribution in [2.24, 2.45) is 0 Å². The van der Waals surface area contributed by atoms with E-state index in [1.54, 1.807) is 36.4 Å². The van der Waals surface area contributed by atoms with Crippen LogP contribution in [0.2, 0.25) is 0 Å². The molecule has 0 aromatic heterocycles. The second-order valence-electron chi connectivity index (χ2n) is 8.28. The molecule has 1 fully saturated rings. The molecule has 0 unspecified atom stereocenters. The standard InChI is InChI=1S/C27H33NO7/c1-6-7-13-35-20-10-9-19(15-17(20)2)25(29)23-24(28(12-14-32-3)27(31)26(23)30)18-8-11-21(33-4)22(16-18)34-5/h8-11,15-16,24,29H,6-7,12-14H2,1-5H3/b25-23+/t24-/m0/s1. The van der Waals surface area contributed by atoms with Crippen molar-refractivity contribution < 1.29 is 33.6 Å². The summed E-state index contributed by atoms with van der Waals surface area (Å²) in [5.41, 5.74) is 1.87. The van der Waals surface area contributed by atoms with E-state index >= 15 is 0 Å². The molecule has 0 bridgehead atoms. The minimum absolute atomic E-state index is 0.0115. The maximum Gasteiger partial charge on any atom is 0.295 e. The van der Waals surface area contributed by atoms with E-state index in [-0.39, 0.29) is 24.5 Å². The van der Waals surface area contributed by atoms with Crippen LogP contribution in [0.15, 0.2) is 42.0 Å². The summed E-state index contributed by atoms with van der Waals surface area (Å²) < 4.78 is 21.7. The molecule has 0 spiro atoms. The lowest BCUT2D eigenvalue weighted by Gasteiger charge is -2.25. The van der Waals surface area contributed by atoms with E-state index in [4.69, 9.17) is 18.9 Å². The molecule has 1 atom stereocenters. The van der Waals surface area contributed by atoms with Gasteiger partial charge in [-0.1, -0.05) is 19.4 Å². The van der Waals surface area contributed by atoms with Crippen LogP contribution in [0.4, 0.5) is 0 Å². The van der Waals surface area contributed by atoms with Crippen molar-refractivity contribution in [3.05, 3.63) is 58.7 Å². The van der Waals surface area contributed by atoms with Gasteiger partial charge in [-0.05, 0) is 54.8 Å². The van der Waals surface area contributed by atoms with Gasteiger partial charge in [0, 0.05) is 19.2 Å². The number of nitrogens with zero attached hydrogens (tertiary/aromatic N) is 1. The minimum Gasteiger partial charge on any atom is -0.507 e. The van der Waals surface area contributed by atoms with Gasteiger partial charge in [0.1, 0.15) is 11.5 Å². The van der Waals surface area contributed by atoms with Crippen LogP contribution in [0.5, 0.6) is 17.2 Å². The molecular weight excluding hydrogens is 450 g/mol. The number of hydrogen-bond acceptors (Lipinski definition) is 7. The largest absolute Gasteiger partial charge is 0.507 e. The number of Topliss-reactive ketones (excluding diaryl/α,β-unsaturated/α-hetero) is 1. The van der Waals surface area contributed by atoms with Crippen molar-refractivity contribution in [1.82, 2.24) is 4.90 Å². The highest BCUT2D eigenvalue weighted by Crippen LogP contribution is 2.42. The third-order valence-corrected chi connectivity index (χ3v) is 6.00. The number of aryl methyl sites for hydroxylation is 1. The Morgan fingerprint density at radius 2 is 1.69 bits per heavy atom.